The Hall–Kier alpha value is -0.413. The zero-order valence-electron chi connectivity index (χ0n) is 16.7. The summed E-state index contributed by atoms with van der Waals surface area (Å²) in [7, 11) is -1.65. The molecule has 2 atom stereocenters. The first-order valence-corrected chi connectivity index (χ1v) is 12.1. The molecule has 3 heteroatoms. The van der Waals surface area contributed by atoms with Gasteiger partial charge in [-0.1, -0.05) is 46.3 Å². The van der Waals surface area contributed by atoms with E-state index >= 15 is 0 Å². The van der Waals surface area contributed by atoms with Crippen molar-refractivity contribution < 1.29 is 9.22 Å². The lowest BCUT2D eigenvalue weighted by atomic mass is 9.65. The van der Waals surface area contributed by atoms with Crippen LogP contribution in [0.25, 0.3) is 0 Å². The highest BCUT2D eigenvalue weighted by molar-refractivity contribution is 6.74. The van der Waals surface area contributed by atoms with E-state index in [0.717, 1.165) is 32.3 Å². The lowest BCUT2D eigenvalue weighted by Crippen LogP contribution is -2.41. The van der Waals surface area contributed by atoms with Crippen molar-refractivity contribution in [1.29, 1.82) is 0 Å². The van der Waals surface area contributed by atoms with Crippen LogP contribution >= 0.6 is 0 Å². The molecule has 1 fully saturated rings. The van der Waals surface area contributed by atoms with Gasteiger partial charge in [-0.25, -0.2) is 0 Å². The molecule has 0 bridgehead atoms. The van der Waals surface area contributed by atoms with Crippen molar-refractivity contribution >= 4 is 14.1 Å². The van der Waals surface area contributed by atoms with Gasteiger partial charge in [-0.2, -0.15) is 0 Å². The molecule has 0 aromatic rings. The first-order chi connectivity index (χ1) is 10.4. The molecule has 0 radical (unpaired) electrons. The Morgan fingerprint density at radius 1 is 1.39 bits per heavy atom. The quantitative estimate of drug-likeness (QED) is 0.430. The van der Waals surface area contributed by atoms with Crippen molar-refractivity contribution in [2.75, 3.05) is 6.61 Å². The summed E-state index contributed by atoms with van der Waals surface area (Å²) >= 11 is 0. The maximum Gasteiger partial charge on any atom is 0.191 e. The number of allylic oxidation sites excluding steroid dienone is 1. The zero-order chi connectivity index (χ0) is 17.9. The van der Waals surface area contributed by atoms with Crippen LogP contribution in [0.5, 0.6) is 0 Å². The maximum absolute atomic E-state index is 12.3. The van der Waals surface area contributed by atoms with E-state index < -0.39 is 8.32 Å². The fraction of sp³-hybridized carbons (Fsp3) is 0.850. The molecular formula is C20H38O2Si. The van der Waals surface area contributed by atoms with Crippen LogP contribution in [0.3, 0.4) is 0 Å². The Morgan fingerprint density at radius 2 is 2.00 bits per heavy atom. The van der Waals surface area contributed by atoms with E-state index in [1.807, 2.05) is 0 Å². The minimum absolute atomic E-state index is 0.153. The predicted molar refractivity (Wildman–Crippen MR) is 102 cm³/mol. The summed E-state index contributed by atoms with van der Waals surface area (Å²) in [6, 6.07) is 0. The molecule has 23 heavy (non-hydrogen) atoms. The largest absolute Gasteiger partial charge is 0.417 e. The van der Waals surface area contributed by atoms with Crippen molar-refractivity contribution in [3.8, 4) is 0 Å². The van der Waals surface area contributed by atoms with E-state index in [4.69, 9.17) is 4.43 Å². The molecule has 0 aromatic carbocycles. The fourth-order valence-electron chi connectivity index (χ4n) is 2.93. The van der Waals surface area contributed by atoms with Gasteiger partial charge < -0.3 is 4.43 Å². The molecule has 0 N–H and O–H groups in total. The topological polar surface area (TPSA) is 26.3 Å². The number of Topliss-reactive ketones (excluding diaryl/α,β-unsaturated/α-hetero) is 1. The Bertz CT molecular complexity index is 445. The van der Waals surface area contributed by atoms with E-state index in [9.17, 15) is 4.79 Å². The Labute approximate surface area is 145 Å². The molecule has 1 saturated carbocycles. The number of hydrogen-bond acceptors (Lipinski definition) is 2. The lowest BCUT2D eigenvalue weighted by molar-refractivity contribution is -0.133. The van der Waals surface area contributed by atoms with E-state index in [0.29, 0.717) is 11.7 Å². The minimum Gasteiger partial charge on any atom is -0.417 e. The van der Waals surface area contributed by atoms with Crippen LogP contribution in [0.2, 0.25) is 18.1 Å². The van der Waals surface area contributed by atoms with Crippen LogP contribution < -0.4 is 0 Å². The molecule has 2 nitrogen and oxygen atoms in total. The first kappa shape index (κ1) is 20.6. The number of carbonyl (C=O) groups is 1. The molecule has 1 aliphatic carbocycles. The van der Waals surface area contributed by atoms with E-state index in [-0.39, 0.29) is 10.5 Å². The van der Waals surface area contributed by atoms with Gasteiger partial charge >= 0.3 is 0 Å². The highest BCUT2D eigenvalue weighted by atomic mass is 28.4. The van der Waals surface area contributed by atoms with Gasteiger partial charge in [-0.05, 0) is 56.7 Å². The first-order valence-electron chi connectivity index (χ1n) is 9.23. The monoisotopic (exact) mass is 338 g/mol. The Kier molecular flexibility index (Phi) is 6.86. The zero-order valence-corrected chi connectivity index (χ0v) is 17.7. The van der Waals surface area contributed by atoms with Gasteiger partial charge in [-0.3, -0.25) is 4.79 Å². The van der Waals surface area contributed by atoms with E-state index in [1.54, 1.807) is 0 Å². The molecule has 134 valence electrons. The predicted octanol–water partition coefficient (Wildman–Crippen LogP) is 6.13. The number of ketones is 1. The third kappa shape index (κ3) is 5.28. The van der Waals surface area contributed by atoms with Gasteiger partial charge in [0.1, 0.15) is 5.78 Å². The summed E-state index contributed by atoms with van der Waals surface area (Å²) in [5.41, 5.74) is 1.20. The van der Waals surface area contributed by atoms with Gasteiger partial charge in [0.05, 0.1) is 0 Å². The van der Waals surface area contributed by atoms with Crippen molar-refractivity contribution in [3.63, 3.8) is 0 Å². The highest BCUT2D eigenvalue weighted by Gasteiger charge is 2.40. The van der Waals surface area contributed by atoms with Crippen LogP contribution in [-0.4, -0.2) is 20.7 Å². The van der Waals surface area contributed by atoms with Crippen molar-refractivity contribution in [2.24, 2.45) is 11.3 Å². The minimum atomic E-state index is -1.65. The third-order valence-electron chi connectivity index (χ3n) is 6.41. The van der Waals surface area contributed by atoms with Gasteiger partial charge in [-0.15, -0.1) is 0 Å². The molecule has 0 spiro atoms. The van der Waals surface area contributed by atoms with E-state index in [1.165, 1.54) is 12.0 Å². The van der Waals surface area contributed by atoms with Crippen molar-refractivity contribution in [1.82, 2.24) is 0 Å². The average Bonchev–Trinajstić information content (AvgIpc) is 2.41. The van der Waals surface area contributed by atoms with Crippen LogP contribution in [-0.2, 0) is 9.22 Å². The summed E-state index contributed by atoms with van der Waals surface area (Å²) < 4.78 is 6.25. The highest BCUT2D eigenvalue weighted by Crippen LogP contribution is 2.41. The van der Waals surface area contributed by atoms with Gasteiger partial charge in [0.2, 0.25) is 0 Å². The maximum atomic E-state index is 12.3. The van der Waals surface area contributed by atoms with E-state index in [2.05, 4.69) is 60.7 Å². The number of carbonyl (C=O) groups excluding carboxylic acids is 1. The second-order valence-electron chi connectivity index (χ2n) is 9.25. The van der Waals surface area contributed by atoms with Gasteiger partial charge in [0.15, 0.2) is 8.32 Å². The third-order valence-corrected chi connectivity index (χ3v) is 10.9. The lowest BCUT2D eigenvalue weighted by Gasteiger charge is -2.37. The normalized spacial score (nSPS) is 27.4. The molecule has 1 aliphatic rings. The van der Waals surface area contributed by atoms with Crippen LogP contribution in [0.15, 0.2) is 11.6 Å². The van der Waals surface area contributed by atoms with Crippen LogP contribution in [0.4, 0.5) is 0 Å². The summed E-state index contributed by atoms with van der Waals surface area (Å²) in [6.07, 6.45) is 7.17. The summed E-state index contributed by atoms with van der Waals surface area (Å²) in [4.78, 5) is 12.3. The summed E-state index contributed by atoms with van der Waals surface area (Å²) in [6.45, 7) is 18.8. The molecule has 0 aromatic heterocycles. The molecular weight excluding hydrogens is 300 g/mol. The van der Waals surface area contributed by atoms with Gasteiger partial charge in [0.25, 0.3) is 0 Å². The number of rotatable bonds is 6. The second-order valence-corrected chi connectivity index (χ2v) is 14.1. The summed E-state index contributed by atoms with van der Waals surface area (Å²) in [5, 5.41) is 0.266. The Morgan fingerprint density at radius 3 is 2.52 bits per heavy atom. The SMILES string of the molecule is C/C(=C\C[C@]1(C)C(=O)CCC[C@H]1C)CCO[Si](C)(C)C(C)(C)C. The van der Waals surface area contributed by atoms with Crippen molar-refractivity contribution in [3.05, 3.63) is 11.6 Å². The van der Waals surface area contributed by atoms with Crippen LogP contribution in [0.1, 0.15) is 73.6 Å². The summed E-state index contributed by atoms with van der Waals surface area (Å²) in [5.74, 6) is 0.953. The molecule has 0 unspecified atom stereocenters. The standard InChI is InChI=1S/C20H38O2Si/c1-16(13-15-22-23(7,8)19(3,4)5)12-14-20(6)17(2)10-9-11-18(20)21/h12,17H,9-11,13-15H2,1-8H3/b16-12+/t17-,20+/m1/s1. The smallest absolute Gasteiger partial charge is 0.191 e. The number of hydrogen-bond donors (Lipinski definition) is 0. The average molecular weight is 339 g/mol. The van der Waals surface area contributed by atoms with Gasteiger partial charge in [0, 0.05) is 18.4 Å². The molecule has 0 heterocycles. The van der Waals surface area contributed by atoms with Crippen LogP contribution in [0, 0.1) is 11.3 Å². The van der Waals surface area contributed by atoms with Crippen molar-refractivity contribution in [2.45, 2.75) is 91.8 Å². The molecule has 0 amide bonds. The molecule has 1 rings (SSSR count). The molecule has 0 aliphatic heterocycles. The fourth-order valence-corrected chi connectivity index (χ4v) is 3.98. The Balaban J connectivity index is 2.53. The second kappa shape index (κ2) is 7.65. The molecule has 0 saturated heterocycles.